The van der Waals surface area contributed by atoms with Gasteiger partial charge in [-0.05, 0) is 19.2 Å². The molecule has 0 aliphatic carbocycles. The number of benzene rings is 1. The number of hydrogen-bond donors (Lipinski definition) is 2. The minimum atomic E-state index is -3.71. The zero-order valence-corrected chi connectivity index (χ0v) is 14.3. The standard InChI is InChI=1S/C14H21N5O4S/c1-15-24(22,23)12-2-3-13(14(8-12)19(20)21)16-9-11-10-17-4-6-18(11)7-5-17/h2-3,8,11,15-16H,4-7,9-10H2,1H3. The van der Waals surface area contributed by atoms with E-state index in [1.54, 1.807) is 0 Å². The summed E-state index contributed by atoms with van der Waals surface area (Å²) in [5, 5.41) is 14.4. The van der Waals surface area contributed by atoms with Crippen LogP contribution in [0.2, 0.25) is 0 Å². The van der Waals surface area contributed by atoms with E-state index >= 15 is 0 Å². The number of piperazine rings is 3. The minimum Gasteiger partial charge on any atom is -0.378 e. The van der Waals surface area contributed by atoms with Crippen molar-refractivity contribution >= 4 is 21.4 Å². The Hall–Kier alpha value is -1.75. The maximum Gasteiger partial charge on any atom is 0.293 e. The molecule has 1 atom stereocenters. The zero-order chi connectivity index (χ0) is 17.3. The van der Waals surface area contributed by atoms with Crippen LogP contribution >= 0.6 is 0 Å². The molecule has 1 aromatic rings. The molecule has 3 fully saturated rings. The van der Waals surface area contributed by atoms with Crippen LogP contribution in [0.4, 0.5) is 11.4 Å². The van der Waals surface area contributed by atoms with E-state index in [2.05, 4.69) is 19.8 Å². The molecule has 24 heavy (non-hydrogen) atoms. The highest BCUT2D eigenvalue weighted by molar-refractivity contribution is 7.89. The van der Waals surface area contributed by atoms with Gasteiger partial charge < -0.3 is 5.32 Å². The lowest BCUT2D eigenvalue weighted by Gasteiger charge is -2.47. The van der Waals surface area contributed by atoms with E-state index in [1.807, 2.05) is 0 Å². The van der Waals surface area contributed by atoms with Crippen molar-refractivity contribution in [3.8, 4) is 0 Å². The molecule has 9 nitrogen and oxygen atoms in total. The molecule has 1 aromatic carbocycles. The molecular weight excluding hydrogens is 334 g/mol. The highest BCUT2D eigenvalue weighted by Gasteiger charge is 2.32. The molecule has 0 spiro atoms. The fraction of sp³-hybridized carbons (Fsp3) is 0.571. The van der Waals surface area contributed by atoms with Crippen LogP contribution in [-0.2, 0) is 10.0 Å². The Kier molecular flexibility index (Phi) is 4.72. The van der Waals surface area contributed by atoms with Gasteiger partial charge in [-0.3, -0.25) is 19.9 Å². The van der Waals surface area contributed by atoms with Gasteiger partial charge in [0.25, 0.3) is 5.69 Å². The summed E-state index contributed by atoms with van der Waals surface area (Å²) in [6, 6.07) is 4.23. The van der Waals surface area contributed by atoms with E-state index < -0.39 is 14.9 Å². The fourth-order valence-corrected chi connectivity index (χ4v) is 3.99. The van der Waals surface area contributed by atoms with Crippen molar-refractivity contribution < 1.29 is 13.3 Å². The number of hydrogen-bond acceptors (Lipinski definition) is 7. The lowest BCUT2D eigenvalue weighted by atomic mass is 10.1. The number of anilines is 1. The highest BCUT2D eigenvalue weighted by Crippen LogP contribution is 2.28. The Morgan fingerprint density at radius 1 is 1.29 bits per heavy atom. The Labute approximate surface area is 140 Å². The summed E-state index contributed by atoms with van der Waals surface area (Å²) in [5.74, 6) is 0. The van der Waals surface area contributed by atoms with Crippen LogP contribution in [0.5, 0.6) is 0 Å². The van der Waals surface area contributed by atoms with E-state index in [9.17, 15) is 18.5 Å². The van der Waals surface area contributed by atoms with Crippen LogP contribution in [0.15, 0.2) is 23.1 Å². The molecule has 2 bridgehead atoms. The average molecular weight is 355 g/mol. The second kappa shape index (κ2) is 6.63. The molecule has 3 aliphatic rings. The second-order valence-electron chi connectivity index (χ2n) is 6.01. The largest absolute Gasteiger partial charge is 0.378 e. The third kappa shape index (κ3) is 3.36. The first-order chi connectivity index (χ1) is 11.4. The summed E-state index contributed by atoms with van der Waals surface area (Å²) < 4.78 is 25.8. The number of nitrogens with one attached hydrogen (secondary N) is 2. The van der Waals surface area contributed by atoms with Gasteiger partial charge in [-0.1, -0.05) is 0 Å². The molecule has 2 N–H and O–H groups in total. The number of sulfonamides is 1. The van der Waals surface area contributed by atoms with E-state index in [4.69, 9.17) is 0 Å². The van der Waals surface area contributed by atoms with E-state index in [1.165, 1.54) is 19.2 Å². The van der Waals surface area contributed by atoms with Gasteiger partial charge in [-0.25, -0.2) is 13.1 Å². The van der Waals surface area contributed by atoms with Crippen LogP contribution in [0.3, 0.4) is 0 Å². The maximum atomic E-state index is 11.8. The molecule has 1 unspecified atom stereocenters. The van der Waals surface area contributed by atoms with E-state index in [0.29, 0.717) is 18.3 Å². The van der Waals surface area contributed by atoms with Gasteiger partial charge in [-0.2, -0.15) is 0 Å². The van der Waals surface area contributed by atoms with Crippen molar-refractivity contribution in [2.24, 2.45) is 0 Å². The first kappa shape index (κ1) is 17.1. The summed E-state index contributed by atoms with van der Waals surface area (Å²) in [6.07, 6.45) is 0. The third-order valence-electron chi connectivity index (χ3n) is 4.67. The normalized spacial score (nSPS) is 26.3. The van der Waals surface area contributed by atoms with Crippen molar-refractivity contribution in [1.29, 1.82) is 0 Å². The first-order valence-corrected chi connectivity index (χ1v) is 9.31. The minimum absolute atomic E-state index is 0.117. The molecule has 0 radical (unpaired) electrons. The molecule has 3 aliphatic heterocycles. The molecule has 10 heteroatoms. The van der Waals surface area contributed by atoms with Crippen molar-refractivity contribution in [3.63, 3.8) is 0 Å². The fourth-order valence-electron chi connectivity index (χ4n) is 3.24. The SMILES string of the molecule is CNS(=O)(=O)c1ccc(NCC2CN3CCN2CC3)c([N+](=O)[O-])c1. The van der Waals surface area contributed by atoms with Gasteiger partial charge in [0.15, 0.2) is 0 Å². The van der Waals surface area contributed by atoms with Crippen LogP contribution in [0.1, 0.15) is 0 Å². The predicted octanol–water partition coefficient (Wildman–Crippen LogP) is -0.0854. The molecule has 4 rings (SSSR count). The van der Waals surface area contributed by atoms with Gasteiger partial charge in [0, 0.05) is 51.4 Å². The molecular formula is C14H21N5O4S. The molecule has 3 heterocycles. The van der Waals surface area contributed by atoms with Gasteiger partial charge in [0.1, 0.15) is 5.69 Å². The smallest absolute Gasteiger partial charge is 0.293 e. The number of nitro groups is 1. The first-order valence-electron chi connectivity index (χ1n) is 7.83. The van der Waals surface area contributed by atoms with Crippen LogP contribution in [-0.4, -0.2) is 75.5 Å². The molecule has 0 saturated carbocycles. The third-order valence-corrected chi connectivity index (χ3v) is 6.08. The summed E-state index contributed by atoms with van der Waals surface area (Å²) in [6.45, 7) is 5.74. The van der Waals surface area contributed by atoms with E-state index in [0.717, 1.165) is 38.8 Å². The van der Waals surface area contributed by atoms with Crippen LogP contribution in [0.25, 0.3) is 0 Å². The number of rotatable bonds is 6. The summed E-state index contributed by atoms with van der Waals surface area (Å²) in [5.41, 5.74) is 0.107. The van der Waals surface area contributed by atoms with Crippen molar-refractivity contribution in [1.82, 2.24) is 14.5 Å². The molecule has 132 valence electrons. The van der Waals surface area contributed by atoms with Gasteiger partial charge >= 0.3 is 0 Å². The Morgan fingerprint density at radius 3 is 2.54 bits per heavy atom. The number of fused-ring (bicyclic) bond motifs is 3. The lowest BCUT2D eigenvalue weighted by molar-refractivity contribution is -0.384. The van der Waals surface area contributed by atoms with Gasteiger partial charge in [0.05, 0.1) is 9.82 Å². The number of nitrogens with zero attached hydrogens (tertiary/aromatic N) is 3. The molecule has 0 amide bonds. The maximum absolute atomic E-state index is 11.8. The Bertz CT molecular complexity index is 731. The Balaban J connectivity index is 1.76. The monoisotopic (exact) mass is 355 g/mol. The number of nitro benzene ring substituents is 1. The predicted molar refractivity (Wildman–Crippen MR) is 89.6 cm³/mol. The van der Waals surface area contributed by atoms with Gasteiger partial charge in [-0.15, -0.1) is 0 Å². The highest BCUT2D eigenvalue weighted by atomic mass is 32.2. The summed E-state index contributed by atoms with van der Waals surface area (Å²) in [4.78, 5) is 15.4. The summed E-state index contributed by atoms with van der Waals surface area (Å²) >= 11 is 0. The summed E-state index contributed by atoms with van der Waals surface area (Å²) in [7, 11) is -2.44. The van der Waals surface area contributed by atoms with Crippen LogP contribution in [0, 0.1) is 10.1 Å². The van der Waals surface area contributed by atoms with E-state index in [-0.39, 0.29) is 10.6 Å². The molecule has 0 aromatic heterocycles. The second-order valence-corrected chi connectivity index (χ2v) is 7.90. The lowest BCUT2D eigenvalue weighted by Crippen LogP contribution is -2.62. The Morgan fingerprint density at radius 2 is 2.00 bits per heavy atom. The van der Waals surface area contributed by atoms with Crippen molar-refractivity contribution in [3.05, 3.63) is 28.3 Å². The topological polar surface area (TPSA) is 108 Å². The van der Waals surface area contributed by atoms with Crippen molar-refractivity contribution in [2.75, 3.05) is 51.6 Å². The van der Waals surface area contributed by atoms with Gasteiger partial charge in [0.2, 0.25) is 10.0 Å². The zero-order valence-electron chi connectivity index (χ0n) is 13.4. The van der Waals surface area contributed by atoms with Crippen molar-refractivity contribution in [2.45, 2.75) is 10.9 Å². The van der Waals surface area contributed by atoms with Crippen LogP contribution < -0.4 is 10.0 Å². The quantitative estimate of drug-likeness (QED) is 0.542. The molecule has 3 saturated heterocycles. The average Bonchev–Trinajstić information content (AvgIpc) is 2.60.